The monoisotopic (exact) mass is 206 g/mol. The smallest absolute Gasteiger partial charge is 0.224 e. The molecule has 0 fully saturated rings. The molecule has 0 radical (unpaired) electrons. The molecule has 0 unspecified atom stereocenters. The van der Waals surface area contributed by atoms with Crippen LogP contribution in [-0.2, 0) is 4.79 Å². The summed E-state index contributed by atoms with van der Waals surface area (Å²) >= 11 is 0. The zero-order valence-corrected chi connectivity index (χ0v) is 9.55. The zero-order valence-electron chi connectivity index (χ0n) is 9.55. The van der Waals surface area contributed by atoms with Gasteiger partial charge in [-0.1, -0.05) is 6.92 Å². The fourth-order valence-electron chi connectivity index (χ4n) is 1.40. The summed E-state index contributed by atoms with van der Waals surface area (Å²) in [5, 5.41) is 5.96. The molecule has 3 nitrogen and oxygen atoms in total. The molecule has 0 atom stereocenters. The first-order valence-electron chi connectivity index (χ1n) is 5.25. The summed E-state index contributed by atoms with van der Waals surface area (Å²) in [6.07, 6.45) is 1.45. The van der Waals surface area contributed by atoms with Gasteiger partial charge in [-0.15, -0.1) is 0 Å². The first kappa shape index (κ1) is 11.6. The Morgan fingerprint density at radius 3 is 2.67 bits per heavy atom. The van der Waals surface area contributed by atoms with Crippen LogP contribution in [0.1, 0.15) is 25.3 Å². The Bertz CT molecular complexity index is 347. The van der Waals surface area contributed by atoms with Gasteiger partial charge in [-0.2, -0.15) is 0 Å². The molecular formula is C12H18N2O. The number of amides is 1. The maximum absolute atomic E-state index is 11.4. The van der Waals surface area contributed by atoms with Crippen LogP contribution in [0.4, 0.5) is 11.4 Å². The predicted molar refractivity (Wildman–Crippen MR) is 64.3 cm³/mol. The van der Waals surface area contributed by atoms with Crippen molar-refractivity contribution in [2.75, 3.05) is 17.7 Å². The third kappa shape index (κ3) is 3.27. The van der Waals surface area contributed by atoms with Crippen molar-refractivity contribution in [3.05, 3.63) is 23.8 Å². The molecule has 1 rings (SSSR count). The summed E-state index contributed by atoms with van der Waals surface area (Å²) in [7, 11) is 1.88. The van der Waals surface area contributed by atoms with Crippen LogP contribution in [0.3, 0.4) is 0 Å². The Kier molecular flexibility index (Phi) is 4.16. The van der Waals surface area contributed by atoms with E-state index >= 15 is 0 Å². The highest BCUT2D eigenvalue weighted by atomic mass is 16.1. The van der Waals surface area contributed by atoms with Crippen molar-refractivity contribution in [2.24, 2.45) is 0 Å². The third-order valence-electron chi connectivity index (χ3n) is 2.27. The predicted octanol–water partition coefficient (Wildman–Crippen LogP) is 2.78. The number of aryl methyl sites for hydroxylation is 1. The number of carbonyl (C=O) groups excluding carboxylic acids is 1. The molecule has 0 saturated carbocycles. The van der Waals surface area contributed by atoms with Crippen LogP contribution in [0.25, 0.3) is 0 Å². The highest BCUT2D eigenvalue weighted by molar-refractivity contribution is 5.91. The second-order valence-electron chi connectivity index (χ2n) is 3.58. The van der Waals surface area contributed by atoms with Gasteiger partial charge in [0.1, 0.15) is 0 Å². The fraction of sp³-hybridized carbons (Fsp3) is 0.417. The van der Waals surface area contributed by atoms with Crippen LogP contribution in [0, 0.1) is 6.92 Å². The van der Waals surface area contributed by atoms with Crippen LogP contribution in [0.2, 0.25) is 0 Å². The Morgan fingerprint density at radius 2 is 2.13 bits per heavy atom. The molecular weight excluding hydrogens is 188 g/mol. The molecule has 1 amide bonds. The minimum Gasteiger partial charge on any atom is -0.388 e. The van der Waals surface area contributed by atoms with Crippen molar-refractivity contribution >= 4 is 17.3 Å². The number of anilines is 2. The summed E-state index contributed by atoms with van der Waals surface area (Å²) in [4.78, 5) is 11.4. The van der Waals surface area contributed by atoms with E-state index in [1.165, 1.54) is 0 Å². The van der Waals surface area contributed by atoms with Gasteiger partial charge in [0.15, 0.2) is 0 Å². The molecule has 82 valence electrons. The molecule has 0 spiro atoms. The normalized spacial score (nSPS) is 9.80. The first-order valence-corrected chi connectivity index (χ1v) is 5.25. The summed E-state index contributed by atoms with van der Waals surface area (Å²) in [6.45, 7) is 3.99. The molecule has 15 heavy (non-hydrogen) atoms. The van der Waals surface area contributed by atoms with Gasteiger partial charge in [0.2, 0.25) is 5.91 Å². The van der Waals surface area contributed by atoms with Crippen LogP contribution in [0.5, 0.6) is 0 Å². The SMILES string of the molecule is CCCC(=O)Nc1ccc(NC)cc1C. The molecule has 0 heterocycles. The fourth-order valence-corrected chi connectivity index (χ4v) is 1.40. The number of carbonyl (C=O) groups is 1. The Morgan fingerprint density at radius 1 is 1.40 bits per heavy atom. The maximum Gasteiger partial charge on any atom is 0.224 e. The van der Waals surface area contributed by atoms with Gasteiger partial charge < -0.3 is 10.6 Å². The Balaban J connectivity index is 2.73. The van der Waals surface area contributed by atoms with E-state index in [-0.39, 0.29) is 5.91 Å². The summed E-state index contributed by atoms with van der Waals surface area (Å²) in [5.41, 5.74) is 3.03. The lowest BCUT2D eigenvalue weighted by molar-refractivity contribution is -0.116. The largest absolute Gasteiger partial charge is 0.388 e. The number of rotatable bonds is 4. The number of nitrogens with one attached hydrogen (secondary N) is 2. The molecule has 3 heteroatoms. The van der Waals surface area contributed by atoms with E-state index in [1.807, 2.05) is 39.1 Å². The lowest BCUT2D eigenvalue weighted by atomic mass is 10.1. The molecule has 0 bridgehead atoms. The minimum absolute atomic E-state index is 0.0813. The van der Waals surface area contributed by atoms with Crippen molar-refractivity contribution in [1.82, 2.24) is 0 Å². The summed E-state index contributed by atoms with van der Waals surface area (Å²) < 4.78 is 0. The molecule has 0 aliphatic carbocycles. The highest BCUT2D eigenvalue weighted by Gasteiger charge is 2.03. The van der Waals surface area contributed by atoms with E-state index in [0.29, 0.717) is 6.42 Å². The summed E-state index contributed by atoms with van der Waals surface area (Å²) in [5.74, 6) is 0.0813. The van der Waals surface area contributed by atoms with Gasteiger partial charge in [-0.05, 0) is 37.1 Å². The molecule has 0 aliphatic heterocycles. The van der Waals surface area contributed by atoms with E-state index in [9.17, 15) is 4.79 Å². The van der Waals surface area contributed by atoms with Gasteiger partial charge in [0.05, 0.1) is 0 Å². The van der Waals surface area contributed by atoms with Gasteiger partial charge in [0, 0.05) is 24.8 Å². The quantitative estimate of drug-likeness (QED) is 0.795. The van der Waals surface area contributed by atoms with Crippen LogP contribution in [0.15, 0.2) is 18.2 Å². The molecule has 0 saturated heterocycles. The lowest BCUT2D eigenvalue weighted by Gasteiger charge is -2.09. The van der Waals surface area contributed by atoms with Gasteiger partial charge in [-0.25, -0.2) is 0 Å². The van der Waals surface area contributed by atoms with Crippen molar-refractivity contribution in [3.8, 4) is 0 Å². The van der Waals surface area contributed by atoms with E-state index in [4.69, 9.17) is 0 Å². The van der Waals surface area contributed by atoms with Crippen molar-refractivity contribution in [2.45, 2.75) is 26.7 Å². The van der Waals surface area contributed by atoms with Crippen LogP contribution < -0.4 is 10.6 Å². The number of hydrogen-bond donors (Lipinski definition) is 2. The van der Waals surface area contributed by atoms with Crippen molar-refractivity contribution in [1.29, 1.82) is 0 Å². The number of benzene rings is 1. The topological polar surface area (TPSA) is 41.1 Å². The first-order chi connectivity index (χ1) is 7.17. The van der Waals surface area contributed by atoms with Gasteiger partial charge in [0.25, 0.3) is 0 Å². The van der Waals surface area contributed by atoms with E-state index in [2.05, 4.69) is 10.6 Å². The van der Waals surface area contributed by atoms with Crippen LogP contribution >= 0.6 is 0 Å². The molecule has 0 aliphatic rings. The standard InChI is InChI=1S/C12H18N2O/c1-4-5-12(15)14-11-7-6-10(13-3)8-9(11)2/h6-8,13H,4-5H2,1-3H3,(H,14,15). The minimum atomic E-state index is 0.0813. The van der Waals surface area contributed by atoms with E-state index in [1.54, 1.807) is 0 Å². The second-order valence-corrected chi connectivity index (χ2v) is 3.58. The second kappa shape index (κ2) is 5.39. The van der Waals surface area contributed by atoms with Crippen molar-refractivity contribution < 1.29 is 4.79 Å². The van der Waals surface area contributed by atoms with Gasteiger partial charge >= 0.3 is 0 Å². The molecule has 1 aromatic carbocycles. The average Bonchev–Trinajstić information content (AvgIpc) is 2.21. The van der Waals surface area contributed by atoms with Gasteiger partial charge in [-0.3, -0.25) is 4.79 Å². The lowest BCUT2D eigenvalue weighted by Crippen LogP contribution is -2.11. The zero-order chi connectivity index (χ0) is 11.3. The third-order valence-corrected chi connectivity index (χ3v) is 2.27. The number of hydrogen-bond acceptors (Lipinski definition) is 2. The Hall–Kier alpha value is -1.51. The highest BCUT2D eigenvalue weighted by Crippen LogP contribution is 2.19. The average molecular weight is 206 g/mol. The maximum atomic E-state index is 11.4. The molecule has 2 N–H and O–H groups in total. The van der Waals surface area contributed by atoms with E-state index in [0.717, 1.165) is 23.4 Å². The Labute approximate surface area is 90.9 Å². The van der Waals surface area contributed by atoms with Crippen LogP contribution in [-0.4, -0.2) is 13.0 Å². The van der Waals surface area contributed by atoms with E-state index < -0.39 is 0 Å². The van der Waals surface area contributed by atoms with Crippen molar-refractivity contribution in [3.63, 3.8) is 0 Å². The molecule has 0 aromatic heterocycles. The summed E-state index contributed by atoms with van der Waals surface area (Å²) in [6, 6.07) is 5.89. The molecule has 1 aromatic rings.